The molecule has 10 heteroatoms. The van der Waals surface area contributed by atoms with E-state index >= 15 is 0 Å². The fourth-order valence-electron chi connectivity index (χ4n) is 22.0. The highest BCUT2D eigenvalue weighted by Crippen LogP contribution is 2.51. The molecule has 30 rings (SSSR count). The van der Waals surface area contributed by atoms with Gasteiger partial charge in [0.1, 0.15) is 33.5 Å². The molecule has 2 aliphatic rings. The van der Waals surface area contributed by atoms with E-state index in [1.807, 2.05) is 60.8 Å². The number of aromatic nitrogens is 6. The number of furan rings is 3. The zero-order valence-electron chi connectivity index (χ0n) is 75.7. The molecule has 0 N–H and O–H groups in total. The summed E-state index contributed by atoms with van der Waals surface area (Å²) < 4.78 is 28.1. The molecule has 19 aromatic carbocycles. The Morgan fingerprint density at radius 1 is 0.193 bits per heavy atom. The molecule has 10 heterocycles. The van der Waals surface area contributed by atoms with Crippen LogP contribution in [0.2, 0.25) is 0 Å². The Bertz CT molecular complexity index is 9640. The van der Waals surface area contributed by atoms with Gasteiger partial charge < -0.3 is 31.5 Å². The van der Waals surface area contributed by atoms with Crippen LogP contribution in [0.5, 0.6) is 0 Å². The lowest BCUT2D eigenvalue weighted by molar-refractivity contribution is 0.668. The van der Waals surface area contributed by atoms with Crippen LogP contribution in [0, 0.1) is 0 Å². The van der Waals surface area contributed by atoms with Crippen molar-refractivity contribution in [2.45, 2.75) is 16.1 Å². The molecular formula is C130H82N6O3S. The van der Waals surface area contributed by atoms with Crippen molar-refractivity contribution < 1.29 is 13.3 Å². The van der Waals surface area contributed by atoms with Crippen LogP contribution in [0.25, 0.3) is 254 Å². The fourth-order valence-corrected chi connectivity index (χ4v) is 23.4. The third-order valence-corrected chi connectivity index (χ3v) is 29.9. The number of pyridine rings is 2. The first-order valence-corrected chi connectivity index (χ1v) is 48.5. The number of hydrogen-bond acceptors (Lipinski definition) is 6. The van der Waals surface area contributed by atoms with Crippen LogP contribution in [0.4, 0.5) is 0 Å². The summed E-state index contributed by atoms with van der Waals surface area (Å²) in [5.41, 5.74) is 37.3. The predicted molar refractivity (Wildman–Crippen MR) is 583 cm³/mol. The number of rotatable bonds is 11. The molecule has 0 saturated carbocycles. The molecule has 0 spiro atoms. The van der Waals surface area contributed by atoms with Crippen LogP contribution >= 0.6 is 11.8 Å². The second-order valence-electron chi connectivity index (χ2n) is 36.6. The van der Waals surface area contributed by atoms with Crippen LogP contribution in [0.3, 0.4) is 0 Å². The molecule has 2 atom stereocenters. The van der Waals surface area contributed by atoms with E-state index in [0.717, 1.165) is 133 Å². The minimum Gasteiger partial charge on any atom is -0.456 e. The Balaban J connectivity index is 0.000000103. The minimum atomic E-state index is 0.410. The number of nitrogens with zero attached hydrogens (tertiary/aromatic N) is 6. The second kappa shape index (κ2) is 32.9. The number of allylic oxidation sites excluding steroid dienone is 3. The molecular weight excluding hydrogens is 1730 g/mol. The van der Waals surface area contributed by atoms with E-state index in [9.17, 15) is 0 Å². The SMILES string of the molecule is C1=CC2Sc3ccc(-c4cc(-n5c6ccccc6c6cnccc65)cc(-n5c6ccccc6c6cnccc65)c4)cc3C2C=C1.c1ccc(-c2ccc3oc4ccc(-c5cccc(-c6cccc(-n7c8ccccc8c8ccccc87)c6)c5)cc4c3c2)cc1.c1ccc2c(c1)oc1ccc(-c3ccc(-c4cc(-c5ccc6oc7ccccc7c6c5)cc(-n5c6ccccc6c6ccccc65)c4)cc3)cc12. The second-order valence-corrected chi connectivity index (χ2v) is 37.8. The zero-order valence-corrected chi connectivity index (χ0v) is 76.5. The smallest absolute Gasteiger partial charge is 0.135 e. The van der Waals surface area contributed by atoms with Gasteiger partial charge in [-0.1, -0.05) is 285 Å². The van der Waals surface area contributed by atoms with Crippen LogP contribution in [-0.2, 0) is 0 Å². The third-order valence-electron chi connectivity index (χ3n) is 28.6. The molecule has 0 saturated heterocycles. The van der Waals surface area contributed by atoms with E-state index in [2.05, 4.69) is 465 Å². The number of benzene rings is 19. The van der Waals surface area contributed by atoms with Crippen LogP contribution < -0.4 is 0 Å². The van der Waals surface area contributed by atoms with Gasteiger partial charge in [0.15, 0.2) is 0 Å². The van der Waals surface area contributed by atoms with Gasteiger partial charge in [0.2, 0.25) is 0 Å². The number of thioether (sulfide) groups is 1. The average molecular weight is 1810 g/mol. The fraction of sp³-hybridized carbons (Fsp3) is 0.0154. The normalized spacial score (nSPS) is 13.5. The largest absolute Gasteiger partial charge is 0.456 e. The lowest BCUT2D eigenvalue weighted by Gasteiger charge is -2.17. The summed E-state index contributed by atoms with van der Waals surface area (Å²) in [4.78, 5) is 10.4. The number of fused-ring (bicyclic) bond motifs is 24. The van der Waals surface area contributed by atoms with Gasteiger partial charge in [-0.05, 0) is 259 Å². The predicted octanol–water partition coefficient (Wildman–Crippen LogP) is 35.3. The van der Waals surface area contributed by atoms with Gasteiger partial charge in [-0.15, -0.1) is 11.8 Å². The summed E-state index contributed by atoms with van der Waals surface area (Å²) in [5.74, 6) is 0.410. The molecule has 0 fully saturated rings. The van der Waals surface area contributed by atoms with Gasteiger partial charge >= 0.3 is 0 Å². The lowest BCUT2D eigenvalue weighted by atomic mass is 9.90. The van der Waals surface area contributed by atoms with Crippen molar-refractivity contribution in [3.8, 4) is 101 Å². The van der Waals surface area contributed by atoms with Gasteiger partial charge in [-0.25, -0.2) is 0 Å². The summed E-state index contributed by atoms with van der Waals surface area (Å²) in [6.07, 6.45) is 16.8. The molecule has 2 unspecified atom stereocenters. The van der Waals surface area contributed by atoms with Crippen LogP contribution in [0.1, 0.15) is 11.5 Å². The Hall–Kier alpha value is -18.1. The van der Waals surface area contributed by atoms with E-state index in [-0.39, 0.29) is 0 Å². The van der Waals surface area contributed by atoms with Crippen LogP contribution in [-0.4, -0.2) is 33.5 Å². The molecule has 9 nitrogen and oxygen atoms in total. The number of para-hydroxylation sites is 8. The van der Waals surface area contributed by atoms with Crippen molar-refractivity contribution >= 4 is 165 Å². The zero-order chi connectivity index (χ0) is 92.0. The highest BCUT2D eigenvalue weighted by molar-refractivity contribution is 8.00. The maximum absolute atomic E-state index is 6.23. The Morgan fingerprint density at radius 3 is 0.964 bits per heavy atom. The first-order chi connectivity index (χ1) is 69.4. The molecule has 1 aliphatic heterocycles. The van der Waals surface area contributed by atoms with Crippen molar-refractivity contribution in [3.63, 3.8) is 0 Å². The highest BCUT2D eigenvalue weighted by Gasteiger charge is 2.32. The van der Waals surface area contributed by atoms with E-state index < -0.39 is 0 Å². The quantitative estimate of drug-likeness (QED) is 0.128. The van der Waals surface area contributed by atoms with Gasteiger partial charge in [0.25, 0.3) is 0 Å². The van der Waals surface area contributed by atoms with Gasteiger partial charge in [0.05, 0.1) is 44.1 Å². The Morgan fingerprint density at radius 2 is 0.486 bits per heavy atom. The third kappa shape index (κ3) is 13.5. The maximum Gasteiger partial charge on any atom is 0.135 e. The summed E-state index contributed by atoms with van der Waals surface area (Å²) >= 11 is 1.97. The van der Waals surface area contributed by atoms with Crippen molar-refractivity contribution in [1.82, 2.24) is 28.2 Å². The standard InChI is InChI=1S/C48H29NO2.C42H27NO.C40H26N4S/c1-5-13-43-37(9-1)38-10-2-6-14-44(38)49(43)36-26-34(25-35(27-36)33-22-24-48-42(29-33)40-12-4-8-16-46(40)51-48)31-19-17-30(18-20-31)32-21-23-47-41(28-32)39-11-3-7-15-45(39)50-47;1-2-10-28(11-3-1)32-20-22-41-37(26-32)38-27-33(21-23-42(38)44-41)30-13-8-12-29(24-30)31-14-9-15-34(25-31)43-39-18-6-4-16-35(39)36-17-5-7-19-40(36)43;1-4-10-35-29(7-1)33-23-41-17-15-37(33)43(35)27-19-26(25-13-14-40-32(21-25)31-9-3-6-12-39(31)45-40)20-28(22-27)44-36-11-5-2-8-30(36)34-24-42-18-16-38(34)44/h1-29H;1-27H;1-24,31,39H. The summed E-state index contributed by atoms with van der Waals surface area (Å²) in [5, 5.41) is 17.0. The van der Waals surface area contributed by atoms with Gasteiger partial charge in [-0.2, -0.15) is 0 Å². The number of hydrogen-bond donors (Lipinski definition) is 0. The summed E-state index contributed by atoms with van der Waals surface area (Å²) in [7, 11) is 0. The molecule has 656 valence electrons. The van der Waals surface area contributed by atoms with Crippen LogP contribution in [0.15, 0.2) is 504 Å². The monoisotopic (exact) mass is 1810 g/mol. The van der Waals surface area contributed by atoms with Crippen molar-refractivity contribution in [3.05, 3.63) is 491 Å². The summed E-state index contributed by atoms with van der Waals surface area (Å²) in [6, 6.07) is 157. The lowest BCUT2D eigenvalue weighted by Crippen LogP contribution is -2.06. The molecule has 1 aliphatic carbocycles. The molecule has 9 aromatic heterocycles. The molecule has 28 aromatic rings. The van der Waals surface area contributed by atoms with E-state index in [1.165, 1.54) is 132 Å². The van der Waals surface area contributed by atoms with E-state index in [4.69, 9.17) is 13.3 Å². The van der Waals surface area contributed by atoms with Crippen molar-refractivity contribution in [1.29, 1.82) is 0 Å². The van der Waals surface area contributed by atoms with E-state index in [1.54, 1.807) is 0 Å². The van der Waals surface area contributed by atoms with E-state index in [0.29, 0.717) is 11.2 Å². The Labute approximate surface area is 808 Å². The first-order valence-electron chi connectivity index (χ1n) is 47.6. The minimum absolute atomic E-state index is 0.410. The average Bonchev–Trinajstić information content (AvgIpc) is 1.59. The molecule has 0 amide bonds. The van der Waals surface area contributed by atoms with Gasteiger partial charge in [-0.3, -0.25) is 9.97 Å². The highest BCUT2D eigenvalue weighted by atomic mass is 32.2. The topological polar surface area (TPSA) is 84.9 Å². The molecule has 140 heavy (non-hydrogen) atoms. The van der Waals surface area contributed by atoms with Gasteiger partial charge in [0, 0.05) is 139 Å². The van der Waals surface area contributed by atoms with Crippen molar-refractivity contribution in [2.75, 3.05) is 0 Å². The summed E-state index contributed by atoms with van der Waals surface area (Å²) in [6.45, 7) is 0. The molecule has 0 bridgehead atoms. The first kappa shape index (κ1) is 80.4. The maximum atomic E-state index is 6.23. The molecule has 0 radical (unpaired) electrons. The van der Waals surface area contributed by atoms with Crippen molar-refractivity contribution in [2.24, 2.45) is 0 Å². The Kier molecular flexibility index (Phi) is 18.9.